The monoisotopic (exact) mass is 724 g/mol. The number of carboxylic acids is 2. The van der Waals surface area contributed by atoms with Crippen LogP contribution in [0.25, 0.3) is 6.08 Å². The van der Waals surface area contributed by atoms with Gasteiger partial charge >= 0.3 is 35.0 Å². The number of carbonyl (C=O) groups is 4. The maximum atomic E-state index is 13.9. The van der Waals surface area contributed by atoms with Gasteiger partial charge in [0.05, 0.1) is 11.9 Å². The summed E-state index contributed by atoms with van der Waals surface area (Å²) in [6.45, 7) is 0. The van der Waals surface area contributed by atoms with E-state index in [1.807, 2.05) is 0 Å². The first kappa shape index (κ1) is 38.7. The number of esters is 2. The third-order valence-electron chi connectivity index (χ3n) is 7.91. The second kappa shape index (κ2) is 16.3. The number of fused-ring (bicyclic) bond motifs is 1. The Kier molecular flexibility index (Phi) is 12.1. The van der Waals surface area contributed by atoms with Crippen LogP contribution in [0.2, 0.25) is 0 Å². The largest absolute Gasteiger partial charge is 2.00 e. The fraction of sp³-hybridized carbons (Fsp3) is 0.167. The molecule has 1 aliphatic heterocycles. The van der Waals surface area contributed by atoms with Crippen molar-refractivity contribution in [1.29, 1.82) is 0 Å². The van der Waals surface area contributed by atoms with Crippen LogP contribution in [-0.2, 0) is 41.5 Å². The minimum Gasteiger partial charge on any atom is -0.546 e. The predicted molar refractivity (Wildman–Crippen MR) is 174 cm³/mol. The van der Waals surface area contributed by atoms with Gasteiger partial charge in [-0.2, -0.15) is 0 Å². The van der Waals surface area contributed by atoms with Crippen molar-refractivity contribution in [2.75, 3.05) is 0 Å². The molecule has 4 aromatic carbocycles. The second-order valence-corrected chi connectivity index (χ2v) is 11.4. The zero-order valence-corrected chi connectivity index (χ0v) is 28.3. The first-order chi connectivity index (χ1) is 24.2. The molecule has 6 N–H and O–H groups in total. The van der Waals surface area contributed by atoms with E-state index < -0.39 is 95.4 Å². The summed E-state index contributed by atoms with van der Waals surface area (Å²) >= 11 is 0. The molecule has 264 valence electrons. The number of hydrogen-bond acceptors (Lipinski definition) is 15. The van der Waals surface area contributed by atoms with Crippen molar-refractivity contribution in [3.8, 4) is 40.2 Å². The molecule has 1 aliphatic rings. The van der Waals surface area contributed by atoms with Crippen molar-refractivity contribution in [2.45, 2.75) is 37.1 Å². The van der Waals surface area contributed by atoms with Crippen molar-refractivity contribution in [3.05, 3.63) is 107 Å². The average Bonchev–Trinajstić information content (AvgIpc) is 3.48. The van der Waals surface area contributed by atoms with Gasteiger partial charge in [0.25, 0.3) is 0 Å². The van der Waals surface area contributed by atoms with Crippen LogP contribution in [-0.4, -0.2) is 89.8 Å². The molecular weight excluding hydrogens is 697 g/mol. The third-order valence-corrected chi connectivity index (χ3v) is 7.91. The zero-order chi connectivity index (χ0) is 37.0. The number of phenols is 6. The molecule has 0 saturated heterocycles. The van der Waals surface area contributed by atoms with E-state index in [0.717, 1.165) is 42.5 Å². The molecule has 0 aromatic heterocycles. The number of benzene rings is 4. The van der Waals surface area contributed by atoms with Crippen LogP contribution in [0.4, 0.5) is 0 Å². The quantitative estimate of drug-likeness (QED) is 0.0505. The number of rotatable bonds is 12. The van der Waals surface area contributed by atoms with Crippen molar-refractivity contribution in [3.63, 3.8) is 0 Å². The molecular formula is C36H28MgO15. The summed E-state index contributed by atoms with van der Waals surface area (Å²) in [6, 6.07) is 15.1. The van der Waals surface area contributed by atoms with Gasteiger partial charge < -0.3 is 64.7 Å². The summed E-state index contributed by atoms with van der Waals surface area (Å²) in [5.41, 5.74) is 0.829. The molecule has 0 spiro atoms. The van der Waals surface area contributed by atoms with E-state index in [1.165, 1.54) is 42.5 Å². The molecule has 4 atom stereocenters. The summed E-state index contributed by atoms with van der Waals surface area (Å²) < 4.78 is 16.5. The number of phenolic OH excluding ortho intramolecular Hbond substituents is 6. The molecule has 0 saturated carbocycles. The van der Waals surface area contributed by atoms with Gasteiger partial charge in [-0.15, -0.1) is 0 Å². The van der Waals surface area contributed by atoms with E-state index in [9.17, 15) is 60.0 Å². The molecule has 16 heteroatoms. The van der Waals surface area contributed by atoms with Gasteiger partial charge in [-0.1, -0.05) is 30.3 Å². The molecule has 0 amide bonds. The van der Waals surface area contributed by atoms with Crippen molar-refractivity contribution < 1.29 is 74.2 Å². The molecule has 0 radical (unpaired) electrons. The predicted octanol–water partition coefficient (Wildman–Crippen LogP) is 0.579. The molecule has 0 bridgehead atoms. The standard InChI is InChI=1S/C36H30O15.Mg/c37-21-8-4-17(12-24(21)40)14-28(34(44)45)49-30(43)11-7-19-2-1-3-27-31(19)32(33(50-27)20-6-10-23(39)26(42)16-20)36(48)51-29(35(46)47)15-18-5-9-22(38)25(41)13-18;/h1-13,16,28-29,32-33,37-42H,14-15H2,(H,44,45)(H,46,47);/q;+2/p-2/b11-7+;/t28-,29-,32+,33-;/m1./s1. The minimum atomic E-state index is -1.89. The fourth-order valence-electron chi connectivity index (χ4n) is 5.43. The zero-order valence-electron chi connectivity index (χ0n) is 26.9. The number of ether oxygens (including phenoxy) is 3. The number of hydrogen-bond donors (Lipinski definition) is 6. The second-order valence-electron chi connectivity index (χ2n) is 11.4. The van der Waals surface area contributed by atoms with Crippen LogP contribution in [0, 0.1) is 0 Å². The van der Waals surface area contributed by atoms with Gasteiger partial charge in [-0.25, -0.2) is 4.79 Å². The van der Waals surface area contributed by atoms with Gasteiger partial charge in [-0.3, -0.25) is 4.79 Å². The molecule has 4 aromatic rings. The first-order valence-corrected chi connectivity index (χ1v) is 15.1. The van der Waals surface area contributed by atoms with Crippen LogP contribution >= 0.6 is 0 Å². The summed E-state index contributed by atoms with van der Waals surface area (Å²) in [4.78, 5) is 50.5. The van der Waals surface area contributed by atoms with Gasteiger partial charge in [-0.05, 0) is 70.8 Å². The fourth-order valence-corrected chi connectivity index (χ4v) is 5.43. The topological polar surface area (TPSA) is 263 Å². The number of aromatic hydroxyl groups is 6. The molecule has 1 heterocycles. The number of aliphatic carboxylic acids is 2. The maximum absolute atomic E-state index is 13.9. The van der Waals surface area contributed by atoms with E-state index in [2.05, 4.69) is 0 Å². The van der Waals surface area contributed by atoms with Crippen LogP contribution in [0.15, 0.2) is 78.9 Å². The normalized spacial score (nSPS) is 15.8. The Labute approximate surface area is 310 Å². The molecule has 15 nitrogen and oxygen atoms in total. The number of carboxylic acid groups (broad SMARTS) is 2. The first-order valence-electron chi connectivity index (χ1n) is 15.1. The van der Waals surface area contributed by atoms with Gasteiger partial charge in [0.15, 0.2) is 34.5 Å². The average molecular weight is 725 g/mol. The van der Waals surface area contributed by atoms with Crippen molar-refractivity contribution >= 4 is 53.0 Å². The number of carbonyl (C=O) groups excluding carboxylic acids is 4. The van der Waals surface area contributed by atoms with Crippen molar-refractivity contribution in [1.82, 2.24) is 0 Å². The van der Waals surface area contributed by atoms with Crippen LogP contribution in [0.3, 0.4) is 0 Å². The maximum Gasteiger partial charge on any atom is 2.00 e. The van der Waals surface area contributed by atoms with E-state index in [-0.39, 0.29) is 56.6 Å². The summed E-state index contributed by atoms with van der Waals surface area (Å²) in [5, 5.41) is 82.5. The Morgan fingerprint density at radius 3 is 1.73 bits per heavy atom. The van der Waals surface area contributed by atoms with E-state index in [1.54, 1.807) is 0 Å². The SMILES string of the molecule is O=C(/C=C/c1cccc2c1[C@H](C(=O)O[C@H](Cc1ccc(O)c(O)c1)C(=O)[O-])[C@@H](c1ccc(O)c(O)c1)O2)O[C@H](Cc1ccc(O)c(O)c1)C(=O)[O-].[Mg+2]. The molecule has 0 unspecified atom stereocenters. The van der Waals surface area contributed by atoms with E-state index in [0.29, 0.717) is 0 Å². The Hall–Kier alpha value is -6.13. The van der Waals surface area contributed by atoms with Crippen molar-refractivity contribution in [2.24, 2.45) is 0 Å². The third kappa shape index (κ3) is 8.77. The van der Waals surface area contributed by atoms with Gasteiger partial charge in [0, 0.05) is 24.5 Å². The molecule has 0 fully saturated rings. The minimum absolute atomic E-state index is 0. The summed E-state index contributed by atoms with van der Waals surface area (Å²) in [7, 11) is 0. The smallest absolute Gasteiger partial charge is 0.546 e. The molecule has 0 aliphatic carbocycles. The summed E-state index contributed by atoms with van der Waals surface area (Å²) in [5.74, 6) is -10.1. The van der Waals surface area contributed by atoms with Crippen LogP contribution in [0.1, 0.15) is 39.8 Å². The molecule has 52 heavy (non-hydrogen) atoms. The Balaban J connectivity index is 0.00000605. The Morgan fingerprint density at radius 1 is 0.692 bits per heavy atom. The van der Waals surface area contributed by atoms with Gasteiger partial charge in [0.2, 0.25) is 0 Å². The van der Waals surface area contributed by atoms with Gasteiger partial charge in [0.1, 0.15) is 30.0 Å². The van der Waals surface area contributed by atoms with Crippen LogP contribution in [0.5, 0.6) is 40.2 Å². The van der Waals surface area contributed by atoms with E-state index in [4.69, 9.17) is 14.2 Å². The van der Waals surface area contributed by atoms with E-state index >= 15 is 0 Å². The van der Waals surface area contributed by atoms with Crippen LogP contribution < -0.4 is 14.9 Å². The molecule has 5 rings (SSSR count). The Morgan fingerprint density at radius 2 is 1.21 bits per heavy atom. The Bertz CT molecular complexity index is 2040. The summed E-state index contributed by atoms with van der Waals surface area (Å²) in [6.07, 6.45) is -3.79.